The van der Waals surface area contributed by atoms with Gasteiger partial charge in [0.2, 0.25) is 0 Å². The topological polar surface area (TPSA) is 17.1 Å². The zero-order valence-corrected chi connectivity index (χ0v) is 9.87. The Hall–Kier alpha value is -0.770. The molecule has 4 aliphatic rings. The summed E-state index contributed by atoms with van der Waals surface area (Å²) < 4.78 is 0. The molecule has 0 saturated heterocycles. The fourth-order valence-corrected chi connectivity index (χ4v) is 5.10. The van der Waals surface area contributed by atoms with Gasteiger partial charge in [-0.25, -0.2) is 0 Å². The molecule has 0 aromatic rings. The normalized spacial score (nSPS) is 44.3. The van der Waals surface area contributed by atoms with E-state index in [-0.39, 0.29) is 0 Å². The molecule has 0 N–H and O–H groups in total. The second-order valence-electron chi connectivity index (χ2n) is 6.51. The summed E-state index contributed by atoms with van der Waals surface area (Å²) in [7, 11) is 0. The van der Waals surface area contributed by atoms with E-state index >= 15 is 0 Å². The maximum absolute atomic E-state index is 11.8. The molecule has 0 aliphatic heterocycles. The van der Waals surface area contributed by atoms with Crippen molar-refractivity contribution in [2.75, 3.05) is 0 Å². The van der Waals surface area contributed by atoms with E-state index in [0.29, 0.717) is 17.6 Å². The fourth-order valence-electron chi connectivity index (χ4n) is 5.10. The zero-order valence-electron chi connectivity index (χ0n) is 9.87. The number of hydrogen-bond acceptors (Lipinski definition) is 1. The molecule has 0 unspecified atom stereocenters. The maximum Gasteiger partial charge on any atom is 0.145 e. The van der Waals surface area contributed by atoms with Crippen LogP contribution in [0.2, 0.25) is 0 Å². The largest absolute Gasteiger partial charge is 0.299 e. The Kier molecular flexibility index (Phi) is 2.35. The van der Waals surface area contributed by atoms with Gasteiger partial charge in [0.1, 0.15) is 5.78 Å². The average Bonchev–Trinajstić information content (AvgIpc) is 2.13. The fraction of sp³-hybridized carbons (Fsp3) is 0.800. The highest BCUT2D eigenvalue weighted by molar-refractivity contribution is 5.81. The Labute approximate surface area is 98.0 Å². The van der Waals surface area contributed by atoms with Gasteiger partial charge in [-0.05, 0) is 61.7 Å². The standard InChI is InChI=1S/C15H20O/c1-2-3-14(16)10-15-7-11-4-12(8-15)6-13(5-11)9-15/h1,11-13H,3-10H2. The molecule has 0 aromatic heterocycles. The van der Waals surface area contributed by atoms with E-state index in [2.05, 4.69) is 5.92 Å². The predicted molar refractivity (Wildman–Crippen MR) is 63.7 cm³/mol. The molecular formula is C15H20O. The third-order valence-corrected chi connectivity index (χ3v) is 5.04. The van der Waals surface area contributed by atoms with Crippen LogP contribution in [-0.2, 0) is 4.79 Å². The predicted octanol–water partition coefficient (Wildman–Crippen LogP) is 3.19. The van der Waals surface area contributed by atoms with Gasteiger partial charge < -0.3 is 0 Å². The lowest BCUT2D eigenvalue weighted by Gasteiger charge is -2.56. The maximum atomic E-state index is 11.8. The lowest BCUT2D eigenvalue weighted by Crippen LogP contribution is -2.46. The van der Waals surface area contributed by atoms with Crippen LogP contribution in [0.25, 0.3) is 0 Å². The number of carbonyl (C=O) groups excluding carboxylic acids is 1. The number of Topliss-reactive ketones (excluding diaryl/α,β-unsaturated/α-hetero) is 1. The van der Waals surface area contributed by atoms with Gasteiger partial charge >= 0.3 is 0 Å². The van der Waals surface area contributed by atoms with Gasteiger partial charge in [-0.3, -0.25) is 4.79 Å². The molecule has 0 amide bonds. The lowest BCUT2D eigenvalue weighted by atomic mass is 9.48. The van der Waals surface area contributed by atoms with Gasteiger partial charge in [-0.2, -0.15) is 0 Å². The third-order valence-electron chi connectivity index (χ3n) is 5.04. The Morgan fingerprint density at radius 1 is 1.12 bits per heavy atom. The van der Waals surface area contributed by atoms with Crippen molar-refractivity contribution < 1.29 is 4.79 Å². The summed E-state index contributed by atoms with van der Waals surface area (Å²) in [6.07, 6.45) is 14.6. The molecule has 4 saturated carbocycles. The second-order valence-corrected chi connectivity index (χ2v) is 6.51. The molecule has 16 heavy (non-hydrogen) atoms. The van der Waals surface area contributed by atoms with E-state index in [1.165, 1.54) is 38.5 Å². The minimum Gasteiger partial charge on any atom is -0.299 e. The first-order valence-corrected chi connectivity index (χ1v) is 6.64. The first kappa shape index (κ1) is 10.4. The average molecular weight is 216 g/mol. The second kappa shape index (κ2) is 3.62. The van der Waals surface area contributed by atoms with Crippen LogP contribution in [0.15, 0.2) is 0 Å². The molecule has 1 nitrogen and oxygen atoms in total. The van der Waals surface area contributed by atoms with Crippen molar-refractivity contribution in [2.24, 2.45) is 23.2 Å². The SMILES string of the molecule is C#CCC(=O)CC12CC3CC(CC(C3)C1)C2. The summed E-state index contributed by atoms with van der Waals surface area (Å²) in [5, 5.41) is 0. The number of terminal acetylenes is 1. The van der Waals surface area contributed by atoms with E-state index in [4.69, 9.17) is 6.42 Å². The Morgan fingerprint density at radius 3 is 2.06 bits per heavy atom. The highest BCUT2D eigenvalue weighted by Crippen LogP contribution is 2.61. The van der Waals surface area contributed by atoms with E-state index < -0.39 is 0 Å². The summed E-state index contributed by atoms with van der Waals surface area (Å²) in [6, 6.07) is 0. The van der Waals surface area contributed by atoms with Crippen molar-refractivity contribution in [3.05, 3.63) is 0 Å². The van der Waals surface area contributed by atoms with Gasteiger partial charge in [0.05, 0.1) is 6.42 Å². The molecule has 0 radical (unpaired) electrons. The Morgan fingerprint density at radius 2 is 1.62 bits per heavy atom. The van der Waals surface area contributed by atoms with Crippen LogP contribution >= 0.6 is 0 Å². The van der Waals surface area contributed by atoms with Crippen LogP contribution in [0.5, 0.6) is 0 Å². The number of rotatable bonds is 3. The quantitative estimate of drug-likeness (QED) is 0.662. The molecule has 4 aliphatic carbocycles. The first-order chi connectivity index (χ1) is 7.69. The molecule has 4 bridgehead atoms. The van der Waals surface area contributed by atoms with Crippen molar-refractivity contribution in [3.63, 3.8) is 0 Å². The van der Waals surface area contributed by atoms with Crippen molar-refractivity contribution in [3.8, 4) is 12.3 Å². The van der Waals surface area contributed by atoms with Gasteiger partial charge in [0.15, 0.2) is 0 Å². The van der Waals surface area contributed by atoms with Crippen LogP contribution < -0.4 is 0 Å². The monoisotopic (exact) mass is 216 g/mol. The summed E-state index contributed by atoms with van der Waals surface area (Å²) in [4.78, 5) is 11.8. The molecule has 0 atom stereocenters. The molecular weight excluding hydrogens is 196 g/mol. The van der Waals surface area contributed by atoms with Crippen molar-refractivity contribution in [1.82, 2.24) is 0 Å². The van der Waals surface area contributed by atoms with E-state index in [0.717, 1.165) is 24.2 Å². The van der Waals surface area contributed by atoms with Crippen molar-refractivity contribution >= 4 is 5.78 Å². The van der Waals surface area contributed by atoms with Gasteiger partial charge in [0, 0.05) is 6.42 Å². The Balaban J connectivity index is 1.74. The van der Waals surface area contributed by atoms with Gasteiger partial charge in [-0.1, -0.05) is 5.92 Å². The molecule has 4 rings (SSSR count). The molecule has 0 heterocycles. The molecule has 4 fully saturated rings. The molecule has 1 heteroatoms. The van der Waals surface area contributed by atoms with Crippen LogP contribution in [0.1, 0.15) is 51.4 Å². The van der Waals surface area contributed by atoms with Crippen LogP contribution in [0.4, 0.5) is 0 Å². The third kappa shape index (κ3) is 1.69. The summed E-state index contributed by atoms with van der Waals surface area (Å²) in [5.74, 6) is 5.62. The van der Waals surface area contributed by atoms with Crippen LogP contribution in [0.3, 0.4) is 0 Å². The van der Waals surface area contributed by atoms with Gasteiger partial charge in [0.25, 0.3) is 0 Å². The van der Waals surface area contributed by atoms with E-state index in [1.807, 2.05) is 0 Å². The highest BCUT2D eigenvalue weighted by atomic mass is 16.1. The minimum absolute atomic E-state index is 0.310. The van der Waals surface area contributed by atoms with Crippen molar-refractivity contribution in [1.29, 1.82) is 0 Å². The van der Waals surface area contributed by atoms with Crippen molar-refractivity contribution in [2.45, 2.75) is 51.4 Å². The van der Waals surface area contributed by atoms with E-state index in [1.54, 1.807) is 0 Å². The highest BCUT2D eigenvalue weighted by Gasteiger charge is 2.51. The molecule has 86 valence electrons. The first-order valence-electron chi connectivity index (χ1n) is 6.64. The summed E-state index contributed by atoms with van der Waals surface area (Å²) in [5.41, 5.74) is 0.378. The number of carbonyl (C=O) groups is 1. The number of ketones is 1. The van der Waals surface area contributed by atoms with Crippen LogP contribution in [0, 0.1) is 35.5 Å². The van der Waals surface area contributed by atoms with Crippen LogP contribution in [-0.4, -0.2) is 5.78 Å². The molecule has 0 spiro atoms. The summed E-state index contributed by atoms with van der Waals surface area (Å²) >= 11 is 0. The van der Waals surface area contributed by atoms with Gasteiger partial charge in [-0.15, -0.1) is 6.42 Å². The summed E-state index contributed by atoms with van der Waals surface area (Å²) in [6.45, 7) is 0. The van der Waals surface area contributed by atoms with E-state index in [9.17, 15) is 4.79 Å². The minimum atomic E-state index is 0.310. The number of hydrogen-bond donors (Lipinski definition) is 0. The zero-order chi connectivity index (χ0) is 11.2. The molecule has 0 aromatic carbocycles. The Bertz CT molecular complexity index is 312. The lowest BCUT2D eigenvalue weighted by molar-refractivity contribution is -0.126. The smallest absolute Gasteiger partial charge is 0.145 e.